The summed E-state index contributed by atoms with van der Waals surface area (Å²) < 4.78 is 5.58. The second-order valence-electron chi connectivity index (χ2n) is 7.33. The van der Waals surface area contributed by atoms with Gasteiger partial charge >= 0.3 is 7.12 Å². The number of hydrogen-bond acceptors (Lipinski definition) is 5. The van der Waals surface area contributed by atoms with E-state index in [0.29, 0.717) is 23.3 Å². The SMILES string of the molecule is CN1CCc2cc(C(=O)N[C@H]3Cc4cccc(CO)c4OB3O)ccc2C1. The van der Waals surface area contributed by atoms with Gasteiger partial charge in [0.15, 0.2) is 0 Å². The molecule has 140 valence electrons. The van der Waals surface area contributed by atoms with Crippen molar-refractivity contribution in [2.75, 3.05) is 13.6 Å². The lowest BCUT2D eigenvalue weighted by molar-refractivity contribution is 0.0941. The molecule has 0 bridgehead atoms. The van der Waals surface area contributed by atoms with E-state index in [1.165, 1.54) is 11.1 Å². The van der Waals surface area contributed by atoms with Crippen LogP contribution in [-0.2, 0) is 26.0 Å². The van der Waals surface area contributed by atoms with E-state index in [-0.39, 0.29) is 12.5 Å². The normalized spacial score (nSPS) is 19.1. The Bertz CT molecular complexity index is 873. The highest BCUT2D eigenvalue weighted by atomic mass is 16.5. The number of hydrogen-bond donors (Lipinski definition) is 3. The van der Waals surface area contributed by atoms with Crippen molar-refractivity contribution in [1.82, 2.24) is 10.2 Å². The van der Waals surface area contributed by atoms with Crippen LogP contribution in [0.1, 0.15) is 32.6 Å². The van der Waals surface area contributed by atoms with Crippen LogP contribution >= 0.6 is 0 Å². The topological polar surface area (TPSA) is 82.0 Å². The van der Waals surface area contributed by atoms with Gasteiger partial charge in [-0.15, -0.1) is 0 Å². The van der Waals surface area contributed by atoms with E-state index in [0.717, 1.165) is 25.1 Å². The summed E-state index contributed by atoms with van der Waals surface area (Å²) in [5.74, 6) is -0.247. The number of aliphatic hydroxyl groups is 1. The summed E-state index contributed by atoms with van der Waals surface area (Å²) in [5.41, 5.74) is 4.56. The molecule has 27 heavy (non-hydrogen) atoms. The standard InChI is InChI=1S/C20H23BN2O4/c1-23-8-7-13-9-15(5-6-16(13)11-23)20(25)22-18-10-14-3-2-4-17(12-24)19(14)27-21(18)26/h2-6,9,18,24,26H,7-8,10-12H2,1H3,(H,22,25)/t18-/m0/s1. The Morgan fingerprint density at radius 2 is 2.15 bits per heavy atom. The van der Waals surface area contributed by atoms with Gasteiger partial charge in [0.25, 0.3) is 5.91 Å². The average Bonchev–Trinajstić information content (AvgIpc) is 2.67. The number of benzene rings is 2. The predicted octanol–water partition coefficient (Wildman–Crippen LogP) is 0.920. The van der Waals surface area contributed by atoms with Crippen LogP contribution in [0.5, 0.6) is 5.75 Å². The molecule has 4 rings (SSSR count). The molecular formula is C20H23BN2O4. The van der Waals surface area contributed by atoms with Gasteiger partial charge in [0.05, 0.1) is 12.5 Å². The van der Waals surface area contributed by atoms with Crippen molar-refractivity contribution >= 4 is 13.0 Å². The quantitative estimate of drug-likeness (QED) is 0.704. The Hall–Kier alpha value is -2.35. The van der Waals surface area contributed by atoms with Crippen LogP contribution < -0.4 is 9.97 Å². The number of aliphatic hydroxyl groups excluding tert-OH is 1. The summed E-state index contributed by atoms with van der Waals surface area (Å²) in [6.07, 6.45) is 1.38. The van der Waals surface area contributed by atoms with Crippen LogP contribution in [0.4, 0.5) is 0 Å². The fourth-order valence-electron chi connectivity index (χ4n) is 3.82. The Balaban J connectivity index is 1.50. The van der Waals surface area contributed by atoms with E-state index in [1.807, 2.05) is 30.3 Å². The van der Waals surface area contributed by atoms with Gasteiger partial charge in [0, 0.05) is 24.2 Å². The van der Waals surface area contributed by atoms with Crippen molar-refractivity contribution < 1.29 is 19.6 Å². The molecule has 2 aromatic rings. The molecule has 2 aromatic carbocycles. The van der Waals surface area contributed by atoms with Gasteiger partial charge in [-0.2, -0.15) is 0 Å². The van der Waals surface area contributed by atoms with Crippen LogP contribution in [0.3, 0.4) is 0 Å². The summed E-state index contributed by atoms with van der Waals surface area (Å²) in [7, 11) is 0.939. The highest BCUT2D eigenvalue weighted by Gasteiger charge is 2.37. The van der Waals surface area contributed by atoms with Crippen LogP contribution in [0.15, 0.2) is 36.4 Å². The Morgan fingerprint density at radius 3 is 2.96 bits per heavy atom. The molecule has 3 N–H and O–H groups in total. The van der Waals surface area contributed by atoms with Crippen molar-refractivity contribution in [3.8, 4) is 5.75 Å². The van der Waals surface area contributed by atoms with E-state index in [2.05, 4.69) is 17.3 Å². The third kappa shape index (κ3) is 3.58. The van der Waals surface area contributed by atoms with Gasteiger partial charge in [-0.05, 0) is 48.7 Å². The molecule has 2 aliphatic rings. The van der Waals surface area contributed by atoms with E-state index in [4.69, 9.17) is 4.65 Å². The molecule has 2 heterocycles. The molecule has 0 aromatic heterocycles. The number of amides is 1. The number of carbonyl (C=O) groups is 1. The summed E-state index contributed by atoms with van der Waals surface area (Å²) in [6.45, 7) is 1.73. The zero-order chi connectivity index (χ0) is 19.0. The van der Waals surface area contributed by atoms with Crippen molar-refractivity contribution in [2.45, 2.75) is 31.9 Å². The number of para-hydroxylation sites is 1. The summed E-state index contributed by atoms with van der Waals surface area (Å²) in [6, 6.07) is 11.3. The molecule has 2 aliphatic heterocycles. The van der Waals surface area contributed by atoms with Crippen molar-refractivity contribution in [2.24, 2.45) is 0 Å². The summed E-state index contributed by atoms with van der Waals surface area (Å²) in [5, 5.41) is 22.6. The maximum Gasteiger partial charge on any atom is 0.547 e. The maximum atomic E-state index is 12.7. The van der Waals surface area contributed by atoms with E-state index < -0.39 is 13.1 Å². The number of nitrogens with zero attached hydrogens (tertiary/aromatic N) is 1. The number of carbonyl (C=O) groups excluding carboxylic acids is 1. The molecule has 7 heteroatoms. The minimum Gasteiger partial charge on any atom is -0.534 e. The summed E-state index contributed by atoms with van der Waals surface area (Å²) >= 11 is 0. The van der Waals surface area contributed by atoms with Crippen LogP contribution in [0.2, 0.25) is 0 Å². The molecule has 0 aliphatic carbocycles. The third-order valence-corrected chi connectivity index (χ3v) is 5.36. The van der Waals surface area contributed by atoms with E-state index >= 15 is 0 Å². The molecular weight excluding hydrogens is 343 g/mol. The minimum absolute atomic E-state index is 0.156. The molecule has 1 amide bonds. The zero-order valence-corrected chi connectivity index (χ0v) is 15.3. The molecule has 0 spiro atoms. The zero-order valence-electron chi connectivity index (χ0n) is 15.3. The van der Waals surface area contributed by atoms with E-state index in [9.17, 15) is 14.9 Å². The van der Waals surface area contributed by atoms with Crippen molar-refractivity contribution in [3.05, 3.63) is 64.2 Å². The van der Waals surface area contributed by atoms with Crippen LogP contribution in [0, 0.1) is 0 Å². The van der Waals surface area contributed by atoms with Crippen LogP contribution in [-0.4, -0.2) is 47.6 Å². The van der Waals surface area contributed by atoms with Gasteiger partial charge in [-0.25, -0.2) is 0 Å². The molecule has 1 atom stereocenters. The maximum absolute atomic E-state index is 12.7. The van der Waals surface area contributed by atoms with Crippen LogP contribution in [0.25, 0.3) is 0 Å². The first-order valence-electron chi connectivity index (χ1n) is 9.22. The van der Waals surface area contributed by atoms with Gasteiger partial charge in [-0.1, -0.05) is 24.3 Å². The molecule has 0 fully saturated rings. The number of rotatable bonds is 3. The Morgan fingerprint density at radius 1 is 1.30 bits per heavy atom. The molecule has 0 saturated carbocycles. The lowest BCUT2D eigenvalue weighted by atomic mass is 9.72. The Labute approximate surface area is 158 Å². The summed E-state index contributed by atoms with van der Waals surface area (Å²) in [4.78, 5) is 15.0. The van der Waals surface area contributed by atoms with Crippen molar-refractivity contribution in [3.63, 3.8) is 0 Å². The lowest BCUT2D eigenvalue weighted by Crippen LogP contribution is -2.53. The van der Waals surface area contributed by atoms with Gasteiger partial charge in [0.1, 0.15) is 5.75 Å². The second-order valence-corrected chi connectivity index (χ2v) is 7.33. The van der Waals surface area contributed by atoms with E-state index in [1.54, 1.807) is 6.07 Å². The highest BCUT2D eigenvalue weighted by molar-refractivity contribution is 6.47. The Kier molecular flexibility index (Phi) is 4.91. The highest BCUT2D eigenvalue weighted by Crippen LogP contribution is 2.30. The largest absolute Gasteiger partial charge is 0.547 e. The number of nitrogens with one attached hydrogen (secondary N) is 1. The van der Waals surface area contributed by atoms with Gasteiger partial charge in [-0.3, -0.25) is 4.79 Å². The lowest BCUT2D eigenvalue weighted by Gasteiger charge is -2.29. The second kappa shape index (κ2) is 7.35. The molecule has 0 radical (unpaired) electrons. The molecule has 0 saturated heterocycles. The molecule has 6 nitrogen and oxygen atoms in total. The first kappa shape index (κ1) is 18.0. The monoisotopic (exact) mass is 366 g/mol. The first-order chi connectivity index (χ1) is 13.0. The number of fused-ring (bicyclic) bond motifs is 2. The van der Waals surface area contributed by atoms with Crippen molar-refractivity contribution in [1.29, 1.82) is 0 Å². The minimum atomic E-state index is -1.15. The van der Waals surface area contributed by atoms with Gasteiger partial charge < -0.3 is 25.0 Å². The van der Waals surface area contributed by atoms with Gasteiger partial charge in [0.2, 0.25) is 0 Å². The third-order valence-electron chi connectivity index (χ3n) is 5.36. The average molecular weight is 366 g/mol. The predicted molar refractivity (Wildman–Crippen MR) is 102 cm³/mol. The molecule has 0 unspecified atom stereocenters. The fraction of sp³-hybridized carbons (Fsp3) is 0.350. The number of likely N-dealkylation sites (N-methyl/N-ethyl adjacent to an activating group) is 1. The fourth-order valence-corrected chi connectivity index (χ4v) is 3.82. The first-order valence-corrected chi connectivity index (χ1v) is 9.22. The smallest absolute Gasteiger partial charge is 0.534 e.